The molecule has 0 saturated heterocycles. The van der Waals surface area contributed by atoms with Gasteiger partial charge in [0.05, 0.1) is 5.92 Å². The van der Waals surface area contributed by atoms with Crippen LogP contribution in [0.3, 0.4) is 0 Å². The molecule has 0 fully saturated rings. The zero-order valence-corrected chi connectivity index (χ0v) is 17.7. The molecule has 5 aromatic rings. The fourth-order valence-electron chi connectivity index (χ4n) is 5.17. The van der Waals surface area contributed by atoms with Crippen molar-refractivity contribution in [1.82, 2.24) is 4.57 Å². The van der Waals surface area contributed by atoms with Crippen molar-refractivity contribution in [1.29, 1.82) is 5.26 Å². The minimum absolute atomic E-state index is 0.177. The van der Waals surface area contributed by atoms with E-state index in [1.807, 2.05) is 24.3 Å². The van der Waals surface area contributed by atoms with Crippen molar-refractivity contribution in [3.63, 3.8) is 0 Å². The average molecular weight is 415 g/mol. The lowest BCUT2D eigenvalue weighted by atomic mass is 9.81. The summed E-state index contributed by atoms with van der Waals surface area (Å²) in [6, 6.07) is 29.5. The van der Waals surface area contributed by atoms with Crippen molar-refractivity contribution in [3.8, 4) is 11.8 Å². The van der Waals surface area contributed by atoms with E-state index >= 15 is 0 Å². The van der Waals surface area contributed by atoms with Gasteiger partial charge in [-0.3, -0.25) is 0 Å². The molecule has 32 heavy (non-hydrogen) atoms. The second kappa shape index (κ2) is 6.90. The maximum Gasteiger partial charge on any atom is 0.205 e. The van der Waals surface area contributed by atoms with Crippen LogP contribution in [0.5, 0.6) is 5.75 Å². The lowest BCUT2D eigenvalue weighted by Crippen LogP contribution is -2.21. The Kier molecular flexibility index (Phi) is 3.99. The van der Waals surface area contributed by atoms with Gasteiger partial charge < -0.3 is 15.0 Å². The van der Waals surface area contributed by atoms with Gasteiger partial charge in [0.15, 0.2) is 0 Å². The maximum absolute atomic E-state index is 10.0. The van der Waals surface area contributed by atoms with Crippen LogP contribution < -0.4 is 10.5 Å². The molecule has 6 rings (SSSR count). The van der Waals surface area contributed by atoms with E-state index in [-0.39, 0.29) is 11.8 Å². The molecule has 1 atom stereocenters. The number of para-hydroxylation sites is 1. The van der Waals surface area contributed by atoms with Gasteiger partial charge in [0.25, 0.3) is 0 Å². The third-order valence-electron chi connectivity index (χ3n) is 6.56. The predicted molar refractivity (Wildman–Crippen MR) is 128 cm³/mol. The number of benzene rings is 4. The molecule has 0 aliphatic carbocycles. The summed E-state index contributed by atoms with van der Waals surface area (Å²) in [5.74, 6) is 0.598. The van der Waals surface area contributed by atoms with Crippen molar-refractivity contribution in [2.24, 2.45) is 5.73 Å². The number of nitriles is 1. The topological polar surface area (TPSA) is 64.0 Å². The summed E-state index contributed by atoms with van der Waals surface area (Å²) < 4.78 is 8.24. The van der Waals surface area contributed by atoms with Crippen LogP contribution in [-0.4, -0.2) is 4.57 Å². The van der Waals surface area contributed by atoms with E-state index in [0.29, 0.717) is 11.3 Å². The molecule has 0 radical (unpaired) electrons. The van der Waals surface area contributed by atoms with Crippen molar-refractivity contribution < 1.29 is 4.74 Å². The van der Waals surface area contributed by atoms with Crippen LogP contribution in [0.4, 0.5) is 0 Å². The molecule has 1 aliphatic rings. The number of allylic oxidation sites excluding steroid dienone is 1. The zero-order valence-electron chi connectivity index (χ0n) is 17.7. The van der Waals surface area contributed by atoms with Gasteiger partial charge in [-0.15, -0.1) is 0 Å². The molecule has 0 bridgehead atoms. The van der Waals surface area contributed by atoms with E-state index in [2.05, 4.69) is 72.2 Å². The maximum atomic E-state index is 10.0. The zero-order chi connectivity index (χ0) is 21.8. The predicted octanol–water partition coefficient (Wildman–Crippen LogP) is 6.19. The number of rotatable bonds is 2. The van der Waals surface area contributed by atoms with Crippen LogP contribution in [-0.2, 0) is 6.54 Å². The van der Waals surface area contributed by atoms with Crippen LogP contribution in [0.1, 0.15) is 24.0 Å². The fourth-order valence-corrected chi connectivity index (χ4v) is 5.17. The van der Waals surface area contributed by atoms with Crippen LogP contribution in [0, 0.1) is 11.3 Å². The van der Waals surface area contributed by atoms with Gasteiger partial charge in [-0.05, 0) is 47.5 Å². The van der Waals surface area contributed by atoms with E-state index < -0.39 is 0 Å². The SMILES string of the molecule is CCn1c2ccccc2c2cc([C@@H]3C(C#N)=C(N)Oc4ccc5ccccc5c43)ccc21. The van der Waals surface area contributed by atoms with E-state index in [9.17, 15) is 5.26 Å². The van der Waals surface area contributed by atoms with Gasteiger partial charge in [0.1, 0.15) is 17.4 Å². The lowest BCUT2D eigenvalue weighted by Gasteiger charge is -2.28. The molecule has 154 valence electrons. The van der Waals surface area contributed by atoms with E-state index in [4.69, 9.17) is 10.5 Å². The average Bonchev–Trinajstić information content (AvgIpc) is 3.16. The molecule has 4 heteroatoms. The molecule has 2 heterocycles. The first-order valence-corrected chi connectivity index (χ1v) is 10.8. The summed E-state index contributed by atoms with van der Waals surface area (Å²) in [6.07, 6.45) is 0. The summed E-state index contributed by atoms with van der Waals surface area (Å²) in [5, 5.41) is 14.6. The Morgan fingerprint density at radius 2 is 1.66 bits per heavy atom. The number of aryl methyl sites for hydroxylation is 1. The fraction of sp³-hybridized carbons (Fsp3) is 0.107. The van der Waals surface area contributed by atoms with E-state index in [0.717, 1.165) is 28.4 Å². The summed E-state index contributed by atoms with van der Waals surface area (Å²) in [4.78, 5) is 0. The summed E-state index contributed by atoms with van der Waals surface area (Å²) in [5.41, 5.74) is 11.1. The molecule has 1 aromatic heterocycles. The van der Waals surface area contributed by atoms with Gasteiger partial charge in [-0.1, -0.05) is 54.6 Å². The molecule has 2 N–H and O–H groups in total. The third kappa shape index (κ3) is 2.48. The van der Waals surface area contributed by atoms with Crippen molar-refractivity contribution in [2.45, 2.75) is 19.4 Å². The Bertz CT molecular complexity index is 1620. The highest BCUT2D eigenvalue weighted by atomic mass is 16.5. The first-order valence-electron chi connectivity index (χ1n) is 10.8. The molecular formula is C28H21N3O. The first kappa shape index (κ1) is 18.5. The number of aromatic nitrogens is 1. The highest BCUT2D eigenvalue weighted by Crippen LogP contribution is 2.46. The number of nitrogens with two attached hydrogens (primary N) is 1. The van der Waals surface area contributed by atoms with Gasteiger partial charge in [0.2, 0.25) is 5.88 Å². The third-order valence-corrected chi connectivity index (χ3v) is 6.56. The van der Waals surface area contributed by atoms with Crippen molar-refractivity contribution in [2.75, 3.05) is 0 Å². The number of fused-ring (bicyclic) bond motifs is 6. The summed E-state index contributed by atoms with van der Waals surface area (Å²) >= 11 is 0. The smallest absolute Gasteiger partial charge is 0.205 e. The van der Waals surface area contributed by atoms with Crippen LogP contribution in [0.15, 0.2) is 90.3 Å². The molecule has 4 aromatic carbocycles. The van der Waals surface area contributed by atoms with Crippen molar-refractivity contribution >= 4 is 32.6 Å². The normalized spacial score (nSPS) is 15.7. The quantitative estimate of drug-likeness (QED) is 0.374. The van der Waals surface area contributed by atoms with E-state index in [1.54, 1.807) is 0 Å². The van der Waals surface area contributed by atoms with Crippen LogP contribution in [0.25, 0.3) is 32.6 Å². The molecule has 0 spiro atoms. The van der Waals surface area contributed by atoms with Gasteiger partial charge >= 0.3 is 0 Å². The van der Waals surface area contributed by atoms with Crippen molar-refractivity contribution in [3.05, 3.63) is 101 Å². The summed E-state index contributed by atoms with van der Waals surface area (Å²) in [6.45, 7) is 3.06. The lowest BCUT2D eigenvalue weighted by molar-refractivity contribution is 0.395. The van der Waals surface area contributed by atoms with Crippen LogP contribution >= 0.6 is 0 Å². The Hall–Kier alpha value is -4.23. The minimum Gasteiger partial charge on any atom is -0.440 e. The summed E-state index contributed by atoms with van der Waals surface area (Å²) in [7, 11) is 0. The monoisotopic (exact) mass is 415 g/mol. The Morgan fingerprint density at radius 3 is 2.47 bits per heavy atom. The largest absolute Gasteiger partial charge is 0.440 e. The second-order valence-corrected chi connectivity index (χ2v) is 8.16. The number of hydrogen-bond donors (Lipinski definition) is 1. The first-order chi connectivity index (χ1) is 15.7. The minimum atomic E-state index is -0.289. The molecule has 0 saturated carbocycles. The Labute approximate surface area is 185 Å². The van der Waals surface area contributed by atoms with Gasteiger partial charge in [0, 0.05) is 33.9 Å². The standard InChI is InChI=1S/C28H21N3O/c1-2-31-23-10-6-5-9-20(23)21-15-18(11-13-24(21)31)26-22(16-29)28(30)32-25-14-12-17-7-3-4-8-19(17)27(25)26/h3-15,26H,2,30H2,1H3/t26-/m1/s1. The molecular weight excluding hydrogens is 394 g/mol. The second-order valence-electron chi connectivity index (χ2n) is 8.16. The van der Waals surface area contributed by atoms with E-state index in [1.165, 1.54) is 21.8 Å². The molecule has 1 aliphatic heterocycles. The van der Waals surface area contributed by atoms with Gasteiger partial charge in [-0.2, -0.15) is 5.26 Å². The van der Waals surface area contributed by atoms with Crippen LogP contribution in [0.2, 0.25) is 0 Å². The van der Waals surface area contributed by atoms with Gasteiger partial charge in [-0.25, -0.2) is 0 Å². The number of nitrogens with zero attached hydrogens (tertiary/aromatic N) is 2. The molecule has 4 nitrogen and oxygen atoms in total. The Morgan fingerprint density at radius 1 is 0.906 bits per heavy atom. The highest BCUT2D eigenvalue weighted by Gasteiger charge is 2.32. The highest BCUT2D eigenvalue weighted by molar-refractivity contribution is 6.08. The molecule has 0 unspecified atom stereocenters. The Balaban J connectivity index is 1.68. The number of ether oxygens (including phenoxy) is 1. The number of hydrogen-bond acceptors (Lipinski definition) is 3. The molecule has 0 amide bonds.